The van der Waals surface area contributed by atoms with Crippen LogP contribution >= 0.6 is 11.6 Å². The fourth-order valence-corrected chi connectivity index (χ4v) is 2.18. The molecule has 0 amide bonds. The van der Waals surface area contributed by atoms with Crippen LogP contribution in [-0.4, -0.2) is 19.3 Å². The highest BCUT2D eigenvalue weighted by Crippen LogP contribution is 2.43. The molecule has 0 aliphatic carbocycles. The highest BCUT2D eigenvalue weighted by molar-refractivity contribution is 6.33. The largest absolute Gasteiger partial charge is 0.495 e. The van der Waals surface area contributed by atoms with E-state index in [0.717, 1.165) is 12.0 Å². The number of ether oxygens (including phenoxy) is 2. The third kappa shape index (κ3) is 2.67. The van der Waals surface area contributed by atoms with Crippen molar-refractivity contribution in [2.45, 2.75) is 32.8 Å². The summed E-state index contributed by atoms with van der Waals surface area (Å²) in [5.41, 5.74) is 0.614. The van der Waals surface area contributed by atoms with Crippen LogP contribution in [0.15, 0.2) is 6.07 Å². The molecule has 0 atom stereocenters. The highest BCUT2D eigenvalue weighted by atomic mass is 35.5. The van der Waals surface area contributed by atoms with Crippen molar-refractivity contribution < 1.29 is 14.6 Å². The summed E-state index contributed by atoms with van der Waals surface area (Å²) in [6, 6.07) is 1.88. The summed E-state index contributed by atoms with van der Waals surface area (Å²) in [6.45, 7) is 5.41. The number of aliphatic hydroxyl groups is 1. The molecule has 0 spiro atoms. The van der Waals surface area contributed by atoms with Crippen LogP contribution < -0.4 is 9.47 Å². The average Bonchev–Trinajstić information content (AvgIpc) is 2.26. The molecule has 0 bridgehead atoms. The summed E-state index contributed by atoms with van der Waals surface area (Å²) in [4.78, 5) is 0. The van der Waals surface area contributed by atoms with Crippen molar-refractivity contribution >= 4 is 11.6 Å². The number of methoxy groups -OCH3 is 2. The Balaban J connectivity index is 3.57. The Morgan fingerprint density at radius 1 is 1.24 bits per heavy atom. The molecule has 0 heterocycles. The lowest BCUT2D eigenvalue weighted by Crippen LogP contribution is -2.18. The molecule has 3 nitrogen and oxygen atoms in total. The van der Waals surface area contributed by atoms with Crippen LogP contribution in [0.2, 0.25) is 5.02 Å². The van der Waals surface area contributed by atoms with Crippen LogP contribution in [0, 0.1) is 0 Å². The lowest BCUT2D eigenvalue weighted by atomic mass is 9.94. The van der Waals surface area contributed by atoms with Gasteiger partial charge in [0.15, 0.2) is 0 Å². The summed E-state index contributed by atoms with van der Waals surface area (Å²) in [7, 11) is 3.10. The quantitative estimate of drug-likeness (QED) is 0.902. The second-order valence-electron chi connectivity index (χ2n) is 4.38. The fourth-order valence-electron chi connectivity index (χ4n) is 1.80. The molecule has 0 radical (unpaired) electrons. The minimum absolute atomic E-state index is 0.409. The Bertz CT molecular complexity index is 408. The van der Waals surface area contributed by atoms with Crippen molar-refractivity contribution in [3.8, 4) is 11.5 Å². The SMILES string of the molecule is CCc1cc(C(C)(C)O)c(OC)c(Cl)c1OC. The van der Waals surface area contributed by atoms with E-state index in [4.69, 9.17) is 21.1 Å². The van der Waals surface area contributed by atoms with Gasteiger partial charge >= 0.3 is 0 Å². The molecule has 0 aliphatic heterocycles. The van der Waals surface area contributed by atoms with E-state index in [2.05, 4.69) is 0 Å². The molecular weight excluding hydrogens is 240 g/mol. The molecule has 4 heteroatoms. The summed E-state index contributed by atoms with van der Waals surface area (Å²) >= 11 is 6.24. The average molecular weight is 259 g/mol. The predicted molar refractivity (Wildman–Crippen MR) is 69.2 cm³/mol. The first-order valence-electron chi connectivity index (χ1n) is 5.53. The van der Waals surface area contributed by atoms with Crippen LogP contribution in [0.5, 0.6) is 11.5 Å². The minimum atomic E-state index is -1.01. The molecule has 1 rings (SSSR count). The first-order chi connectivity index (χ1) is 7.86. The van der Waals surface area contributed by atoms with Crippen molar-refractivity contribution in [1.29, 1.82) is 0 Å². The number of hydrogen-bond donors (Lipinski definition) is 1. The standard InChI is InChI=1S/C13H19ClO3/c1-6-8-7-9(13(2,3)15)12(17-5)10(14)11(8)16-4/h7,15H,6H2,1-5H3. The molecule has 96 valence electrons. The number of aryl methyl sites for hydroxylation is 1. The molecule has 1 aromatic carbocycles. The highest BCUT2D eigenvalue weighted by Gasteiger charge is 2.26. The maximum absolute atomic E-state index is 10.1. The van der Waals surface area contributed by atoms with E-state index < -0.39 is 5.60 Å². The van der Waals surface area contributed by atoms with E-state index in [-0.39, 0.29) is 0 Å². The van der Waals surface area contributed by atoms with E-state index in [9.17, 15) is 5.11 Å². The van der Waals surface area contributed by atoms with Crippen LogP contribution in [0.3, 0.4) is 0 Å². The molecule has 17 heavy (non-hydrogen) atoms. The number of hydrogen-bond acceptors (Lipinski definition) is 3. The molecule has 0 unspecified atom stereocenters. The molecule has 0 fully saturated rings. The number of benzene rings is 1. The van der Waals surface area contributed by atoms with Gasteiger partial charge in [-0.15, -0.1) is 0 Å². The third-order valence-electron chi connectivity index (χ3n) is 2.70. The Morgan fingerprint density at radius 2 is 1.76 bits per heavy atom. The zero-order valence-electron chi connectivity index (χ0n) is 10.9. The van der Waals surface area contributed by atoms with Crippen LogP contribution in [0.1, 0.15) is 31.9 Å². The van der Waals surface area contributed by atoms with Gasteiger partial charge in [0, 0.05) is 5.56 Å². The monoisotopic (exact) mass is 258 g/mol. The van der Waals surface area contributed by atoms with Gasteiger partial charge in [0.1, 0.15) is 16.5 Å². The van der Waals surface area contributed by atoms with Gasteiger partial charge in [-0.3, -0.25) is 0 Å². The van der Waals surface area contributed by atoms with Gasteiger partial charge < -0.3 is 14.6 Å². The summed E-state index contributed by atoms with van der Waals surface area (Å²) in [5.74, 6) is 1.08. The van der Waals surface area contributed by atoms with Crippen LogP contribution in [0.4, 0.5) is 0 Å². The maximum Gasteiger partial charge on any atom is 0.147 e. The Hall–Kier alpha value is -0.930. The van der Waals surface area contributed by atoms with Crippen molar-refractivity contribution in [3.63, 3.8) is 0 Å². The second kappa shape index (κ2) is 5.15. The summed E-state index contributed by atoms with van der Waals surface area (Å²) in [5, 5.41) is 10.5. The smallest absolute Gasteiger partial charge is 0.147 e. The zero-order valence-corrected chi connectivity index (χ0v) is 11.7. The first-order valence-corrected chi connectivity index (χ1v) is 5.90. The van der Waals surface area contributed by atoms with Gasteiger partial charge in [-0.1, -0.05) is 18.5 Å². The van der Waals surface area contributed by atoms with Gasteiger partial charge in [-0.25, -0.2) is 0 Å². The lowest BCUT2D eigenvalue weighted by Gasteiger charge is -2.24. The minimum Gasteiger partial charge on any atom is -0.495 e. The van der Waals surface area contributed by atoms with Crippen molar-refractivity contribution in [2.75, 3.05) is 14.2 Å². The fraction of sp³-hybridized carbons (Fsp3) is 0.538. The van der Waals surface area contributed by atoms with E-state index in [1.165, 1.54) is 7.11 Å². The van der Waals surface area contributed by atoms with Gasteiger partial charge in [0.2, 0.25) is 0 Å². The molecule has 1 aromatic rings. The van der Waals surface area contributed by atoms with E-state index in [0.29, 0.717) is 22.1 Å². The van der Waals surface area contributed by atoms with Gasteiger partial charge in [0.25, 0.3) is 0 Å². The van der Waals surface area contributed by atoms with Gasteiger partial charge in [-0.2, -0.15) is 0 Å². The Labute approximate surface area is 107 Å². The van der Waals surface area contributed by atoms with E-state index >= 15 is 0 Å². The summed E-state index contributed by atoms with van der Waals surface area (Å²) in [6.07, 6.45) is 0.774. The lowest BCUT2D eigenvalue weighted by molar-refractivity contribution is 0.0755. The zero-order chi connectivity index (χ0) is 13.2. The predicted octanol–water partition coefficient (Wildman–Crippen LogP) is 3.15. The Morgan fingerprint density at radius 3 is 2.12 bits per heavy atom. The number of rotatable bonds is 4. The normalized spacial score (nSPS) is 11.5. The molecule has 0 saturated carbocycles. The van der Waals surface area contributed by atoms with Crippen molar-refractivity contribution in [1.82, 2.24) is 0 Å². The third-order valence-corrected chi connectivity index (χ3v) is 3.05. The molecule has 0 saturated heterocycles. The first kappa shape index (κ1) is 14.1. The Kier molecular flexibility index (Phi) is 4.28. The number of halogens is 1. The molecule has 0 aliphatic rings. The maximum atomic E-state index is 10.1. The molecule has 0 aromatic heterocycles. The second-order valence-corrected chi connectivity index (χ2v) is 4.75. The molecule has 1 N–H and O–H groups in total. The van der Waals surface area contributed by atoms with E-state index in [1.807, 2.05) is 13.0 Å². The van der Waals surface area contributed by atoms with Crippen LogP contribution in [-0.2, 0) is 12.0 Å². The van der Waals surface area contributed by atoms with E-state index in [1.54, 1.807) is 21.0 Å². The topological polar surface area (TPSA) is 38.7 Å². The molecular formula is C13H19ClO3. The van der Waals surface area contributed by atoms with Crippen molar-refractivity contribution in [3.05, 3.63) is 22.2 Å². The van der Waals surface area contributed by atoms with Gasteiger partial charge in [0.05, 0.1) is 19.8 Å². The van der Waals surface area contributed by atoms with Crippen LogP contribution in [0.25, 0.3) is 0 Å². The van der Waals surface area contributed by atoms with Gasteiger partial charge in [-0.05, 0) is 31.9 Å². The summed E-state index contributed by atoms with van der Waals surface area (Å²) < 4.78 is 10.6. The van der Waals surface area contributed by atoms with Crippen molar-refractivity contribution in [2.24, 2.45) is 0 Å².